The first-order chi connectivity index (χ1) is 12.3. The Balaban J connectivity index is 4.91. The predicted molar refractivity (Wildman–Crippen MR) is 112 cm³/mol. The van der Waals surface area contributed by atoms with E-state index in [1.54, 1.807) is 27.7 Å². The van der Waals surface area contributed by atoms with Crippen LogP contribution >= 0.6 is 0 Å². The number of allylic oxidation sites excluding steroid dienone is 3. The van der Waals surface area contributed by atoms with Crippen LogP contribution in [0.2, 0.25) is 25.2 Å². The second kappa shape index (κ2) is 11.2. The van der Waals surface area contributed by atoms with Crippen LogP contribution in [-0.4, -0.2) is 36.3 Å². The van der Waals surface area contributed by atoms with Crippen LogP contribution in [0.25, 0.3) is 0 Å². The molecule has 8 heteroatoms. The SMILES string of the molecule is C=C(C)O[Si](CC[Si](C)(C)OCCOC(=O)C(=C)C)(OC(=C)C)OC(=C)C. The second-order valence-electron chi connectivity index (χ2n) is 7.12. The Morgan fingerprint density at radius 1 is 0.778 bits per heavy atom. The number of hydrogen-bond donors (Lipinski definition) is 0. The van der Waals surface area contributed by atoms with Gasteiger partial charge in [0.1, 0.15) is 6.61 Å². The van der Waals surface area contributed by atoms with Crippen LogP contribution in [0.4, 0.5) is 0 Å². The number of rotatable bonds is 14. The molecule has 0 aliphatic rings. The van der Waals surface area contributed by atoms with Crippen LogP contribution in [-0.2, 0) is 27.2 Å². The summed E-state index contributed by atoms with van der Waals surface area (Å²) in [6, 6.07) is 1.26. The number of hydrogen-bond acceptors (Lipinski definition) is 6. The smallest absolute Gasteiger partial charge is 0.488 e. The molecule has 0 rings (SSSR count). The number of carbonyl (C=O) groups is 1. The van der Waals surface area contributed by atoms with E-state index in [0.29, 0.717) is 35.5 Å². The lowest BCUT2D eigenvalue weighted by atomic mass is 10.4. The molecule has 0 fully saturated rings. The lowest BCUT2D eigenvalue weighted by Crippen LogP contribution is -2.46. The lowest BCUT2D eigenvalue weighted by molar-refractivity contribution is -0.139. The average Bonchev–Trinajstić information content (AvgIpc) is 2.47. The number of esters is 1. The summed E-state index contributed by atoms with van der Waals surface area (Å²) in [7, 11) is -5.19. The van der Waals surface area contributed by atoms with Crippen LogP contribution in [0.1, 0.15) is 27.7 Å². The van der Waals surface area contributed by atoms with Gasteiger partial charge in [-0.15, -0.1) is 0 Å². The van der Waals surface area contributed by atoms with Gasteiger partial charge in [-0.25, -0.2) is 4.79 Å². The second-order valence-corrected chi connectivity index (χ2v) is 13.9. The van der Waals surface area contributed by atoms with Gasteiger partial charge in [-0.1, -0.05) is 26.3 Å². The van der Waals surface area contributed by atoms with Crippen molar-refractivity contribution in [3.05, 3.63) is 49.2 Å². The van der Waals surface area contributed by atoms with E-state index in [9.17, 15) is 4.79 Å². The van der Waals surface area contributed by atoms with Crippen molar-refractivity contribution in [1.82, 2.24) is 0 Å². The fourth-order valence-electron chi connectivity index (χ4n) is 2.11. The average molecular weight is 415 g/mol. The van der Waals surface area contributed by atoms with Gasteiger partial charge in [-0.05, 0) is 46.8 Å². The van der Waals surface area contributed by atoms with Crippen LogP contribution in [0, 0.1) is 0 Å². The Kier molecular flexibility index (Phi) is 10.4. The fraction of sp³-hybridized carbons (Fsp3) is 0.526. The zero-order valence-electron chi connectivity index (χ0n) is 17.6. The molecule has 0 saturated heterocycles. The molecule has 0 aromatic rings. The van der Waals surface area contributed by atoms with E-state index in [-0.39, 0.29) is 6.61 Å². The summed E-state index contributed by atoms with van der Waals surface area (Å²) in [5.74, 6) is 1.12. The maximum Gasteiger partial charge on any atom is 0.698 e. The van der Waals surface area contributed by atoms with Crippen molar-refractivity contribution < 1.29 is 27.2 Å². The third-order valence-electron chi connectivity index (χ3n) is 3.18. The maximum atomic E-state index is 11.4. The highest BCUT2D eigenvalue weighted by Gasteiger charge is 2.50. The number of ether oxygens (including phenoxy) is 1. The highest BCUT2D eigenvalue weighted by Crippen LogP contribution is 2.29. The molecule has 0 unspecified atom stereocenters. The Morgan fingerprint density at radius 2 is 1.22 bits per heavy atom. The number of carbonyl (C=O) groups excluding carboxylic acids is 1. The molecule has 0 atom stereocenters. The molecule has 0 spiro atoms. The molecule has 6 nitrogen and oxygen atoms in total. The minimum atomic E-state index is -3.12. The molecule has 0 saturated carbocycles. The van der Waals surface area contributed by atoms with Gasteiger partial charge in [0.2, 0.25) is 0 Å². The molecule has 0 aromatic heterocycles. The molecule has 0 aliphatic carbocycles. The molecular formula is C19H34O6Si2. The largest absolute Gasteiger partial charge is 0.698 e. The van der Waals surface area contributed by atoms with Crippen molar-refractivity contribution in [2.75, 3.05) is 13.2 Å². The summed E-state index contributed by atoms with van der Waals surface area (Å²) < 4.78 is 28.8. The van der Waals surface area contributed by atoms with Gasteiger partial charge < -0.3 is 22.4 Å². The van der Waals surface area contributed by atoms with Gasteiger partial charge in [-0.3, -0.25) is 0 Å². The highest BCUT2D eigenvalue weighted by molar-refractivity contribution is 6.73. The Hall–Kier alpha value is -1.78. The first-order valence-electron chi connectivity index (χ1n) is 8.79. The van der Waals surface area contributed by atoms with Crippen molar-refractivity contribution in [3.8, 4) is 0 Å². The van der Waals surface area contributed by atoms with Gasteiger partial charge in [0.05, 0.1) is 29.9 Å². The van der Waals surface area contributed by atoms with Crippen molar-refractivity contribution in [2.24, 2.45) is 0 Å². The minimum absolute atomic E-state index is 0.192. The van der Waals surface area contributed by atoms with E-state index in [1.807, 2.05) is 0 Å². The van der Waals surface area contributed by atoms with Gasteiger partial charge in [0, 0.05) is 5.57 Å². The van der Waals surface area contributed by atoms with Crippen LogP contribution in [0.3, 0.4) is 0 Å². The molecular weight excluding hydrogens is 380 g/mol. The van der Waals surface area contributed by atoms with Crippen molar-refractivity contribution in [3.63, 3.8) is 0 Å². The predicted octanol–water partition coefficient (Wildman–Crippen LogP) is 4.92. The zero-order chi connectivity index (χ0) is 21.3. The van der Waals surface area contributed by atoms with Crippen molar-refractivity contribution in [2.45, 2.75) is 52.9 Å². The molecule has 0 bridgehead atoms. The molecule has 0 aliphatic heterocycles. The summed E-state index contributed by atoms with van der Waals surface area (Å²) >= 11 is 0. The van der Waals surface area contributed by atoms with E-state index in [0.717, 1.165) is 6.04 Å². The molecule has 0 amide bonds. The van der Waals surface area contributed by atoms with E-state index < -0.39 is 23.1 Å². The summed E-state index contributed by atoms with van der Waals surface area (Å²) in [5.41, 5.74) is 0.369. The van der Waals surface area contributed by atoms with Crippen molar-refractivity contribution in [1.29, 1.82) is 0 Å². The standard InChI is InChI=1S/C19H34O6Si2/c1-15(2)19(20)21-11-12-22-26(9,10)13-14-27(23-16(3)4,24-17(5)6)25-18(7)8/h1,3,5,7,11-14H2,2,4,6,8-10H3. The normalized spacial score (nSPS) is 11.3. The van der Waals surface area contributed by atoms with Gasteiger partial charge >= 0.3 is 14.8 Å². The maximum absolute atomic E-state index is 11.4. The van der Waals surface area contributed by atoms with E-state index >= 15 is 0 Å². The summed E-state index contributed by atoms with van der Waals surface area (Å²) in [4.78, 5) is 11.4. The van der Waals surface area contributed by atoms with E-state index in [2.05, 4.69) is 39.4 Å². The molecule has 0 aromatic carbocycles. The van der Waals surface area contributed by atoms with Gasteiger partial charge in [-0.2, -0.15) is 0 Å². The van der Waals surface area contributed by atoms with Gasteiger partial charge in [0.15, 0.2) is 8.32 Å². The first-order valence-corrected chi connectivity index (χ1v) is 13.8. The Labute approximate surface area is 166 Å². The molecule has 0 radical (unpaired) electrons. The van der Waals surface area contributed by atoms with Gasteiger partial charge in [0.25, 0.3) is 0 Å². The molecule has 0 heterocycles. The fourth-order valence-corrected chi connectivity index (χ4v) is 8.55. The molecule has 27 heavy (non-hydrogen) atoms. The quantitative estimate of drug-likeness (QED) is 0.132. The highest BCUT2D eigenvalue weighted by atomic mass is 28.4. The van der Waals surface area contributed by atoms with E-state index in [4.69, 9.17) is 22.4 Å². The lowest BCUT2D eigenvalue weighted by Gasteiger charge is -2.32. The van der Waals surface area contributed by atoms with Crippen LogP contribution < -0.4 is 0 Å². The van der Waals surface area contributed by atoms with Crippen LogP contribution in [0.15, 0.2) is 49.2 Å². The first kappa shape index (κ1) is 25.2. The summed E-state index contributed by atoms with van der Waals surface area (Å²) in [6.45, 7) is 26.5. The minimum Gasteiger partial charge on any atom is -0.488 e. The third kappa shape index (κ3) is 11.5. The third-order valence-corrected chi connectivity index (χ3v) is 8.96. The molecule has 154 valence electrons. The van der Waals surface area contributed by atoms with Crippen molar-refractivity contribution >= 4 is 23.1 Å². The summed E-state index contributed by atoms with van der Waals surface area (Å²) in [6.07, 6.45) is 0. The van der Waals surface area contributed by atoms with E-state index in [1.165, 1.54) is 0 Å². The monoisotopic (exact) mass is 414 g/mol. The molecule has 0 N–H and O–H groups in total. The topological polar surface area (TPSA) is 63.2 Å². The zero-order valence-corrected chi connectivity index (χ0v) is 19.6. The van der Waals surface area contributed by atoms with Crippen LogP contribution in [0.5, 0.6) is 0 Å². The summed E-state index contributed by atoms with van der Waals surface area (Å²) in [5, 5.41) is 0. The Bertz CT molecular complexity index is 542. The Morgan fingerprint density at radius 3 is 1.59 bits per heavy atom.